The summed E-state index contributed by atoms with van der Waals surface area (Å²) in [4.78, 5) is 17.0. The maximum Gasteiger partial charge on any atom is 0.220 e. The molecule has 0 spiro atoms. The van der Waals surface area contributed by atoms with E-state index in [1.54, 1.807) is 12.1 Å². The fourth-order valence-corrected chi connectivity index (χ4v) is 3.09. The number of likely N-dealkylation sites (N-methyl/N-ethyl adjacent to an activating group) is 1. The van der Waals surface area contributed by atoms with Gasteiger partial charge in [0.15, 0.2) is 0 Å². The standard InChI is InChI=1S/C19H30FN3O/c1-4-22-11-13-23(14-12-22)19(2,3)15-21-18(24)10-7-16-5-8-17(20)9-6-16/h5-6,8-9H,4,7,10-15H2,1-3H3,(H,21,24). The summed E-state index contributed by atoms with van der Waals surface area (Å²) in [5, 5.41) is 3.06. The molecule has 4 nitrogen and oxygen atoms in total. The number of halogens is 1. The average molecular weight is 335 g/mol. The Bertz CT molecular complexity index is 522. The SMILES string of the molecule is CCN1CCN(C(C)(C)CNC(=O)CCc2ccc(F)cc2)CC1. The van der Waals surface area contributed by atoms with Crippen LogP contribution in [0.4, 0.5) is 4.39 Å². The lowest BCUT2D eigenvalue weighted by Gasteiger charge is -2.44. The van der Waals surface area contributed by atoms with Crippen molar-refractivity contribution in [2.45, 2.75) is 39.2 Å². The second-order valence-corrected chi connectivity index (χ2v) is 7.14. The van der Waals surface area contributed by atoms with Gasteiger partial charge in [0.05, 0.1) is 0 Å². The van der Waals surface area contributed by atoms with Crippen LogP contribution >= 0.6 is 0 Å². The first-order chi connectivity index (χ1) is 11.4. The Balaban J connectivity index is 1.72. The molecule has 0 unspecified atom stereocenters. The second-order valence-electron chi connectivity index (χ2n) is 7.14. The van der Waals surface area contributed by atoms with E-state index in [0.29, 0.717) is 19.4 Å². The molecule has 1 amide bonds. The highest BCUT2D eigenvalue weighted by Gasteiger charge is 2.29. The van der Waals surface area contributed by atoms with Gasteiger partial charge < -0.3 is 10.2 Å². The van der Waals surface area contributed by atoms with Crippen LogP contribution in [-0.4, -0.2) is 60.5 Å². The van der Waals surface area contributed by atoms with E-state index in [4.69, 9.17) is 0 Å². The molecule has 1 N–H and O–H groups in total. The smallest absolute Gasteiger partial charge is 0.220 e. The summed E-state index contributed by atoms with van der Waals surface area (Å²) < 4.78 is 12.9. The Labute approximate surface area is 145 Å². The summed E-state index contributed by atoms with van der Waals surface area (Å²) >= 11 is 0. The first-order valence-corrected chi connectivity index (χ1v) is 8.89. The van der Waals surface area contributed by atoms with Crippen LogP contribution in [0.1, 0.15) is 32.8 Å². The van der Waals surface area contributed by atoms with Crippen molar-refractivity contribution in [2.24, 2.45) is 0 Å². The van der Waals surface area contributed by atoms with Crippen molar-refractivity contribution < 1.29 is 9.18 Å². The second kappa shape index (κ2) is 8.58. The number of nitrogens with one attached hydrogen (secondary N) is 1. The molecule has 2 rings (SSSR count). The minimum Gasteiger partial charge on any atom is -0.354 e. The largest absolute Gasteiger partial charge is 0.354 e. The van der Waals surface area contributed by atoms with Crippen molar-refractivity contribution in [3.05, 3.63) is 35.6 Å². The van der Waals surface area contributed by atoms with Gasteiger partial charge in [-0.05, 0) is 44.5 Å². The van der Waals surface area contributed by atoms with E-state index in [-0.39, 0.29) is 17.3 Å². The van der Waals surface area contributed by atoms with Gasteiger partial charge in [-0.1, -0.05) is 19.1 Å². The molecule has 24 heavy (non-hydrogen) atoms. The van der Waals surface area contributed by atoms with Gasteiger partial charge in [-0.2, -0.15) is 0 Å². The van der Waals surface area contributed by atoms with Crippen LogP contribution in [0.3, 0.4) is 0 Å². The summed E-state index contributed by atoms with van der Waals surface area (Å²) in [7, 11) is 0. The zero-order chi connectivity index (χ0) is 17.6. The van der Waals surface area contributed by atoms with E-state index in [2.05, 4.69) is 35.9 Å². The number of carbonyl (C=O) groups excluding carboxylic acids is 1. The molecule has 1 aromatic rings. The minimum absolute atomic E-state index is 0.0363. The number of benzene rings is 1. The van der Waals surface area contributed by atoms with Crippen LogP contribution < -0.4 is 5.32 Å². The highest BCUT2D eigenvalue weighted by atomic mass is 19.1. The van der Waals surface area contributed by atoms with Crippen molar-refractivity contribution in [1.29, 1.82) is 0 Å². The minimum atomic E-state index is -0.242. The lowest BCUT2D eigenvalue weighted by molar-refractivity contribution is -0.121. The Hall–Kier alpha value is -1.46. The van der Waals surface area contributed by atoms with Gasteiger partial charge in [-0.25, -0.2) is 4.39 Å². The van der Waals surface area contributed by atoms with E-state index < -0.39 is 0 Å². The van der Waals surface area contributed by atoms with Crippen LogP contribution in [0.25, 0.3) is 0 Å². The molecule has 0 saturated carbocycles. The summed E-state index contributed by atoms with van der Waals surface area (Å²) in [6, 6.07) is 6.35. The van der Waals surface area contributed by atoms with Crippen LogP contribution in [0.2, 0.25) is 0 Å². The Morgan fingerprint density at radius 2 is 1.79 bits per heavy atom. The third-order valence-corrected chi connectivity index (χ3v) is 4.95. The van der Waals surface area contributed by atoms with Crippen molar-refractivity contribution in [2.75, 3.05) is 39.3 Å². The van der Waals surface area contributed by atoms with Gasteiger partial charge in [0.25, 0.3) is 0 Å². The van der Waals surface area contributed by atoms with Crippen molar-refractivity contribution >= 4 is 5.91 Å². The topological polar surface area (TPSA) is 35.6 Å². The molecule has 1 aliphatic rings. The highest BCUT2D eigenvalue weighted by Crippen LogP contribution is 2.16. The molecule has 0 radical (unpaired) electrons. The molecule has 1 saturated heterocycles. The first-order valence-electron chi connectivity index (χ1n) is 8.89. The fraction of sp³-hybridized carbons (Fsp3) is 0.632. The zero-order valence-electron chi connectivity index (χ0n) is 15.1. The number of nitrogens with zero attached hydrogens (tertiary/aromatic N) is 2. The summed E-state index contributed by atoms with van der Waals surface area (Å²) in [5.41, 5.74) is 0.951. The fourth-order valence-electron chi connectivity index (χ4n) is 3.09. The number of piperazine rings is 1. The molecule has 0 atom stereocenters. The maximum atomic E-state index is 12.9. The predicted molar refractivity (Wildman–Crippen MR) is 95.5 cm³/mol. The molecular formula is C19H30FN3O. The van der Waals surface area contributed by atoms with Crippen molar-refractivity contribution in [3.8, 4) is 0 Å². The summed E-state index contributed by atoms with van der Waals surface area (Å²) in [6.45, 7) is 12.6. The van der Waals surface area contributed by atoms with Gasteiger partial charge in [-0.3, -0.25) is 9.69 Å². The molecule has 1 aromatic carbocycles. The Kier molecular flexibility index (Phi) is 6.75. The average Bonchev–Trinajstić information content (AvgIpc) is 2.59. The maximum absolute atomic E-state index is 12.9. The quantitative estimate of drug-likeness (QED) is 0.830. The van der Waals surface area contributed by atoms with Crippen LogP contribution in [-0.2, 0) is 11.2 Å². The van der Waals surface area contributed by atoms with Gasteiger partial charge >= 0.3 is 0 Å². The van der Waals surface area contributed by atoms with Gasteiger partial charge in [0, 0.05) is 44.7 Å². The van der Waals surface area contributed by atoms with Crippen molar-refractivity contribution in [3.63, 3.8) is 0 Å². The van der Waals surface area contributed by atoms with E-state index in [1.807, 2.05) is 0 Å². The van der Waals surface area contributed by atoms with Crippen LogP contribution in [0.5, 0.6) is 0 Å². The molecule has 1 heterocycles. The number of carbonyl (C=O) groups is 1. The van der Waals surface area contributed by atoms with E-state index in [0.717, 1.165) is 38.3 Å². The molecular weight excluding hydrogens is 305 g/mol. The van der Waals surface area contributed by atoms with Crippen LogP contribution in [0, 0.1) is 5.82 Å². The normalized spacial score (nSPS) is 17.0. The van der Waals surface area contributed by atoms with Gasteiger partial charge in [0.2, 0.25) is 5.91 Å². The van der Waals surface area contributed by atoms with E-state index >= 15 is 0 Å². The van der Waals surface area contributed by atoms with Crippen molar-refractivity contribution in [1.82, 2.24) is 15.1 Å². The van der Waals surface area contributed by atoms with E-state index in [1.165, 1.54) is 12.1 Å². The molecule has 0 aromatic heterocycles. The number of hydrogen-bond acceptors (Lipinski definition) is 3. The third kappa shape index (κ3) is 5.56. The summed E-state index contributed by atoms with van der Waals surface area (Å²) in [6.07, 6.45) is 1.08. The lowest BCUT2D eigenvalue weighted by atomic mass is 10.0. The Morgan fingerprint density at radius 1 is 1.17 bits per heavy atom. The zero-order valence-corrected chi connectivity index (χ0v) is 15.1. The molecule has 134 valence electrons. The Morgan fingerprint density at radius 3 is 2.38 bits per heavy atom. The van der Waals surface area contributed by atoms with E-state index in [9.17, 15) is 9.18 Å². The number of aryl methyl sites for hydroxylation is 1. The van der Waals surface area contributed by atoms with Gasteiger partial charge in [0.1, 0.15) is 5.82 Å². The number of amides is 1. The third-order valence-electron chi connectivity index (χ3n) is 4.95. The highest BCUT2D eigenvalue weighted by molar-refractivity contribution is 5.76. The molecule has 5 heteroatoms. The number of hydrogen-bond donors (Lipinski definition) is 1. The monoisotopic (exact) mass is 335 g/mol. The molecule has 0 bridgehead atoms. The molecule has 1 fully saturated rings. The van der Waals surface area contributed by atoms with Gasteiger partial charge in [-0.15, -0.1) is 0 Å². The first kappa shape index (κ1) is 18.9. The summed E-state index contributed by atoms with van der Waals surface area (Å²) in [5.74, 6) is -0.187. The molecule has 1 aliphatic heterocycles. The molecule has 0 aliphatic carbocycles. The van der Waals surface area contributed by atoms with Crippen LogP contribution in [0.15, 0.2) is 24.3 Å². The predicted octanol–water partition coefficient (Wildman–Crippen LogP) is 2.29. The number of rotatable bonds is 7. The lowest BCUT2D eigenvalue weighted by Crippen LogP contribution is -2.58.